The SMILES string of the molecule is CC1CCCN(C(C)c2cccc(C(F)(F)F)c2)C1CN. The van der Waals surface area contributed by atoms with Gasteiger partial charge in [-0.15, -0.1) is 0 Å². The van der Waals surface area contributed by atoms with Crippen molar-refractivity contribution in [2.45, 2.75) is 44.9 Å². The molecule has 0 radical (unpaired) electrons. The number of likely N-dealkylation sites (tertiary alicyclic amines) is 1. The maximum absolute atomic E-state index is 12.8. The first-order chi connectivity index (χ1) is 9.84. The summed E-state index contributed by atoms with van der Waals surface area (Å²) in [7, 11) is 0. The van der Waals surface area contributed by atoms with Gasteiger partial charge in [-0.3, -0.25) is 4.90 Å². The minimum absolute atomic E-state index is 0.0522. The Bertz CT molecular complexity index is 473. The average Bonchev–Trinajstić information content (AvgIpc) is 2.45. The first kappa shape index (κ1) is 16.3. The molecule has 3 atom stereocenters. The predicted molar refractivity (Wildman–Crippen MR) is 77.8 cm³/mol. The maximum Gasteiger partial charge on any atom is 0.416 e. The topological polar surface area (TPSA) is 29.3 Å². The number of nitrogens with two attached hydrogens (primary N) is 1. The molecule has 5 heteroatoms. The average molecular weight is 300 g/mol. The minimum atomic E-state index is -4.29. The third-order valence-corrected chi connectivity index (χ3v) is 4.59. The number of halogens is 3. The second kappa shape index (κ2) is 6.36. The van der Waals surface area contributed by atoms with Gasteiger partial charge in [-0.05, 0) is 49.9 Å². The van der Waals surface area contributed by atoms with E-state index in [9.17, 15) is 13.2 Å². The molecule has 2 rings (SSSR count). The molecule has 1 aromatic carbocycles. The number of alkyl halides is 3. The van der Waals surface area contributed by atoms with Crippen molar-refractivity contribution < 1.29 is 13.2 Å². The van der Waals surface area contributed by atoms with E-state index in [0.717, 1.165) is 25.5 Å². The Morgan fingerprint density at radius 3 is 2.71 bits per heavy atom. The van der Waals surface area contributed by atoms with Crippen LogP contribution in [0.1, 0.15) is 43.9 Å². The molecule has 0 spiro atoms. The summed E-state index contributed by atoms with van der Waals surface area (Å²) in [6, 6.07) is 5.83. The zero-order valence-electron chi connectivity index (χ0n) is 12.5. The van der Waals surface area contributed by atoms with Crippen LogP contribution in [0.25, 0.3) is 0 Å². The molecule has 118 valence electrons. The van der Waals surface area contributed by atoms with Crippen LogP contribution in [0, 0.1) is 5.92 Å². The first-order valence-electron chi connectivity index (χ1n) is 7.47. The lowest BCUT2D eigenvalue weighted by Gasteiger charge is -2.43. The van der Waals surface area contributed by atoms with Crippen molar-refractivity contribution in [3.05, 3.63) is 35.4 Å². The second-order valence-electron chi connectivity index (χ2n) is 5.96. The molecule has 1 heterocycles. The molecule has 1 fully saturated rings. The molecule has 1 saturated heterocycles. The molecular weight excluding hydrogens is 277 g/mol. The fraction of sp³-hybridized carbons (Fsp3) is 0.625. The zero-order valence-corrected chi connectivity index (χ0v) is 12.5. The van der Waals surface area contributed by atoms with Crippen LogP contribution >= 0.6 is 0 Å². The number of hydrogen-bond acceptors (Lipinski definition) is 2. The molecule has 0 aromatic heterocycles. The van der Waals surface area contributed by atoms with Gasteiger partial charge in [-0.2, -0.15) is 13.2 Å². The molecule has 1 aliphatic heterocycles. The summed E-state index contributed by atoms with van der Waals surface area (Å²) in [5, 5.41) is 0. The van der Waals surface area contributed by atoms with Crippen LogP contribution in [0.3, 0.4) is 0 Å². The Morgan fingerprint density at radius 2 is 2.10 bits per heavy atom. The van der Waals surface area contributed by atoms with Crippen LogP contribution in [-0.4, -0.2) is 24.0 Å². The third kappa shape index (κ3) is 3.58. The number of nitrogens with zero attached hydrogens (tertiary/aromatic N) is 1. The lowest BCUT2D eigenvalue weighted by molar-refractivity contribution is -0.137. The minimum Gasteiger partial charge on any atom is -0.329 e. The van der Waals surface area contributed by atoms with E-state index >= 15 is 0 Å². The lowest BCUT2D eigenvalue weighted by atomic mass is 9.88. The molecule has 3 unspecified atom stereocenters. The summed E-state index contributed by atoms with van der Waals surface area (Å²) in [6.45, 7) is 5.58. The van der Waals surface area contributed by atoms with E-state index in [1.807, 2.05) is 6.92 Å². The second-order valence-corrected chi connectivity index (χ2v) is 5.96. The summed E-state index contributed by atoms with van der Waals surface area (Å²) < 4.78 is 38.5. The molecule has 21 heavy (non-hydrogen) atoms. The van der Waals surface area contributed by atoms with E-state index in [1.54, 1.807) is 6.07 Å². The van der Waals surface area contributed by atoms with Crippen LogP contribution in [0.5, 0.6) is 0 Å². The van der Waals surface area contributed by atoms with E-state index in [4.69, 9.17) is 5.73 Å². The number of benzene rings is 1. The Morgan fingerprint density at radius 1 is 1.38 bits per heavy atom. The summed E-state index contributed by atoms with van der Waals surface area (Å²) in [4.78, 5) is 2.25. The van der Waals surface area contributed by atoms with E-state index in [-0.39, 0.29) is 12.1 Å². The van der Waals surface area contributed by atoms with E-state index in [1.165, 1.54) is 12.1 Å². The predicted octanol–water partition coefficient (Wildman–Crippen LogP) is 3.83. The van der Waals surface area contributed by atoms with Crippen LogP contribution in [0.15, 0.2) is 24.3 Å². The maximum atomic E-state index is 12.8. The van der Waals surface area contributed by atoms with E-state index < -0.39 is 11.7 Å². The molecule has 0 bridgehead atoms. The summed E-state index contributed by atoms with van der Waals surface area (Å²) >= 11 is 0. The van der Waals surface area contributed by atoms with Gasteiger partial charge in [0, 0.05) is 18.6 Å². The van der Waals surface area contributed by atoms with Gasteiger partial charge in [-0.1, -0.05) is 19.1 Å². The van der Waals surface area contributed by atoms with Gasteiger partial charge in [0.25, 0.3) is 0 Å². The third-order valence-electron chi connectivity index (χ3n) is 4.59. The fourth-order valence-electron chi connectivity index (χ4n) is 3.30. The Balaban J connectivity index is 2.24. The van der Waals surface area contributed by atoms with Crippen LogP contribution in [0.2, 0.25) is 0 Å². The molecule has 1 aliphatic rings. The molecule has 2 nitrogen and oxygen atoms in total. The normalized spacial score (nSPS) is 25.8. The van der Waals surface area contributed by atoms with Crippen LogP contribution in [-0.2, 0) is 6.18 Å². The van der Waals surface area contributed by atoms with Gasteiger partial charge in [0.2, 0.25) is 0 Å². The Labute approximate surface area is 124 Å². The van der Waals surface area contributed by atoms with Crippen molar-refractivity contribution in [2.75, 3.05) is 13.1 Å². The van der Waals surface area contributed by atoms with Crippen molar-refractivity contribution in [1.82, 2.24) is 4.90 Å². The van der Waals surface area contributed by atoms with Gasteiger partial charge in [0.05, 0.1) is 5.56 Å². The summed E-state index contributed by atoms with van der Waals surface area (Å²) in [5.41, 5.74) is 6.00. The highest BCUT2D eigenvalue weighted by molar-refractivity contribution is 5.28. The largest absolute Gasteiger partial charge is 0.416 e. The monoisotopic (exact) mass is 300 g/mol. The molecule has 0 saturated carbocycles. The molecule has 2 N–H and O–H groups in total. The van der Waals surface area contributed by atoms with Gasteiger partial charge in [-0.25, -0.2) is 0 Å². The van der Waals surface area contributed by atoms with E-state index in [2.05, 4.69) is 11.8 Å². The first-order valence-corrected chi connectivity index (χ1v) is 7.47. The quantitative estimate of drug-likeness (QED) is 0.919. The van der Waals surface area contributed by atoms with Crippen LogP contribution in [0.4, 0.5) is 13.2 Å². The number of piperidine rings is 1. The molecule has 0 aliphatic carbocycles. The van der Waals surface area contributed by atoms with Gasteiger partial charge >= 0.3 is 6.18 Å². The summed E-state index contributed by atoms with van der Waals surface area (Å²) in [6.07, 6.45) is -2.09. The number of hydrogen-bond donors (Lipinski definition) is 1. The summed E-state index contributed by atoms with van der Waals surface area (Å²) in [5.74, 6) is 0.483. The molecular formula is C16H23F3N2. The Hall–Kier alpha value is -1.07. The zero-order chi connectivity index (χ0) is 15.6. The highest BCUT2D eigenvalue weighted by atomic mass is 19.4. The van der Waals surface area contributed by atoms with Gasteiger partial charge < -0.3 is 5.73 Å². The highest BCUT2D eigenvalue weighted by Crippen LogP contribution is 2.34. The standard InChI is InChI=1S/C16H23F3N2/c1-11-5-4-8-21(15(11)10-20)12(2)13-6-3-7-14(9-13)16(17,18)19/h3,6-7,9,11-12,15H,4-5,8,10,20H2,1-2H3. The van der Waals surface area contributed by atoms with E-state index in [0.29, 0.717) is 18.0 Å². The molecule has 0 amide bonds. The number of rotatable bonds is 3. The van der Waals surface area contributed by atoms with Crippen molar-refractivity contribution in [2.24, 2.45) is 11.7 Å². The fourth-order valence-corrected chi connectivity index (χ4v) is 3.30. The van der Waals surface area contributed by atoms with Gasteiger partial charge in [0.1, 0.15) is 0 Å². The van der Waals surface area contributed by atoms with Crippen LogP contribution < -0.4 is 5.73 Å². The van der Waals surface area contributed by atoms with Crippen molar-refractivity contribution in [3.63, 3.8) is 0 Å². The van der Waals surface area contributed by atoms with Crippen molar-refractivity contribution in [3.8, 4) is 0 Å². The van der Waals surface area contributed by atoms with Crippen molar-refractivity contribution in [1.29, 1.82) is 0 Å². The Kier molecular flexibility index (Phi) is 4.94. The molecule has 1 aromatic rings. The van der Waals surface area contributed by atoms with Gasteiger partial charge in [0.15, 0.2) is 0 Å². The highest BCUT2D eigenvalue weighted by Gasteiger charge is 2.33. The lowest BCUT2D eigenvalue weighted by Crippen LogP contribution is -2.49. The van der Waals surface area contributed by atoms with Crippen molar-refractivity contribution >= 4 is 0 Å². The smallest absolute Gasteiger partial charge is 0.329 e.